The molecule has 2 aliphatic heterocycles. The van der Waals surface area contributed by atoms with E-state index >= 15 is 0 Å². The lowest BCUT2D eigenvalue weighted by atomic mass is 9.87. The van der Waals surface area contributed by atoms with Crippen molar-refractivity contribution in [2.45, 2.75) is 45.1 Å². The van der Waals surface area contributed by atoms with Crippen LogP contribution in [0, 0.1) is 11.3 Å². The van der Waals surface area contributed by atoms with Crippen molar-refractivity contribution in [3.05, 3.63) is 0 Å². The van der Waals surface area contributed by atoms with Crippen LogP contribution in [-0.4, -0.2) is 61.6 Å². The number of nitrogens with zero attached hydrogens (tertiary/aromatic N) is 2. The summed E-state index contributed by atoms with van der Waals surface area (Å²) in [5.41, 5.74) is 0.332. The third-order valence-corrected chi connectivity index (χ3v) is 5.11. The first-order valence-corrected chi connectivity index (χ1v) is 8.11. The Bertz CT molecular complexity index is 363. The Morgan fingerprint density at radius 1 is 1.30 bits per heavy atom. The lowest BCUT2D eigenvalue weighted by molar-refractivity contribution is -0.130. The summed E-state index contributed by atoms with van der Waals surface area (Å²) in [6.07, 6.45) is 5.53. The van der Waals surface area contributed by atoms with Crippen LogP contribution < -0.4 is 0 Å². The van der Waals surface area contributed by atoms with Gasteiger partial charge in [-0.15, -0.1) is 0 Å². The summed E-state index contributed by atoms with van der Waals surface area (Å²) in [6, 6.07) is 0.556. The first kappa shape index (κ1) is 14.3. The van der Waals surface area contributed by atoms with Gasteiger partial charge in [0.25, 0.3) is 0 Å². The second-order valence-corrected chi connectivity index (χ2v) is 7.48. The minimum atomic E-state index is 0.332. The average Bonchev–Trinajstić information content (AvgIpc) is 3.19. The molecule has 0 N–H and O–H groups in total. The highest BCUT2D eigenvalue weighted by atomic mass is 16.5. The van der Waals surface area contributed by atoms with Crippen LogP contribution in [0.1, 0.15) is 39.0 Å². The molecule has 3 rings (SSSR count). The van der Waals surface area contributed by atoms with E-state index in [1.807, 2.05) is 0 Å². The van der Waals surface area contributed by atoms with Crippen molar-refractivity contribution in [1.82, 2.24) is 9.80 Å². The largest absolute Gasteiger partial charge is 0.380 e. The number of likely N-dealkylation sites (tertiary alicyclic amines) is 1. The quantitative estimate of drug-likeness (QED) is 0.769. The number of carbonyl (C=O) groups excluding carboxylic acids is 1. The third kappa shape index (κ3) is 3.34. The molecule has 0 bridgehead atoms. The van der Waals surface area contributed by atoms with Gasteiger partial charge in [-0.2, -0.15) is 0 Å². The van der Waals surface area contributed by atoms with Crippen molar-refractivity contribution >= 4 is 5.91 Å². The Morgan fingerprint density at radius 3 is 2.65 bits per heavy atom. The van der Waals surface area contributed by atoms with Gasteiger partial charge in [-0.25, -0.2) is 0 Å². The number of carbonyl (C=O) groups is 1. The van der Waals surface area contributed by atoms with Crippen LogP contribution in [-0.2, 0) is 9.53 Å². The van der Waals surface area contributed by atoms with Crippen LogP contribution >= 0.6 is 0 Å². The van der Waals surface area contributed by atoms with Crippen molar-refractivity contribution in [3.8, 4) is 0 Å². The zero-order valence-corrected chi connectivity index (χ0v) is 12.9. The van der Waals surface area contributed by atoms with E-state index in [0.717, 1.165) is 58.0 Å². The molecule has 3 fully saturated rings. The van der Waals surface area contributed by atoms with Gasteiger partial charge in [0, 0.05) is 37.5 Å². The van der Waals surface area contributed by atoms with E-state index in [4.69, 9.17) is 4.74 Å². The number of ether oxygens (including phenoxy) is 1. The normalized spacial score (nSPS) is 30.2. The van der Waals surface area contributed by atoms with Gasteiger partial charge in [-0.1, -0.05) is 6.92 Å². The fraction of sp³-hybridized carbons (Fsp3) is 0.938. The van der Waals surface area contributed by atoms with Gasteiger partial charge in [0.05, 0.1) is 13.2 Å². The van der Waals surface area contributed by atoms with E-state index in [0.29, 0.717) is 17.4 Å². The van der Waals surface area contributed by atoms with Crippen molar-refractivity contribution in [2.75, 3.05) is 39.9 Å². The molecule has 0 radical (unpaired) electrons. The maximum Gasteiger partial charge on any atom is 0.222 e. The molecule has 4 nitrogen and oxygen atoms in total. The molecule has 1 aliphatic carbocycles. The Morgan fingerprint density at radius 2 is 2.05 bits per heavy atom. The molecule has 2 heterocycles. The maximum absolute atomic E-state index is 12.2. The van der Waals surface area contributed by atoms with Crippen LogP contribution in [0.4, 0.5) is 0 Å². The zero-order valence-electron chi connectivity index (χ0n) is 12.9. The predicted octanol–water partition coefficient (Wildman–Crippen LogP) is 1.75. The van der Waals surface area contributed by atoms with Gasteiger partial charge in [0.2, 0.25) is 5.91 Å². The molecule has 0 aromatic rings. The highest BCUT2D eigenvalue weighted by molar-refractivity contribution is 5.76. The van der Waals surface area contributed by atoms with Gasteiger partial charge in [-0.3, -0.25) is 4.79 Å². The highest BCUT2D eigenvalue weighted by Gasteiger charge is 2.36. The number of amides is 1. The fourth-order valence-electron chi connectivity index (χ4n) is 3.54. The lowest BCUT2D eigenvalue weighted by Crippen LogP contribution is -2.50. The molecule has 2 saturated heterocycles. The highest BCUT2D eigenvalue weighted by Crippen LogP contribution is 2.32. The molecule has 0 spiro atoms. The number of hydrogen-bond acceptors (Lipinski definition) is 3. The van der Waals surface area contributed by atoms with Crippen molar-refractivity contribution in [2.24, 2.45) is 11.3 Å². The smallest absolute Gasteiger partial charge is 0.222 e. The van der Waals surface area contributed by atoms with Crippen molar-refractivity contribution in [1.29, 1.82) is 0 Å². The van der Waals surface area contributed by atoms with E-state index < -0.39 is 0 Å². The minimum Gasteiger partial charge on any atom is -0.380 e. The molecule has 4 heteroatoms. The fourth-order valence-corrected chi connectivity index (χ4v) is 3.54. The SMILES string of the molecule is CN(CC1(C)COC1)C1CCC(=O)N(CC2CC2)CC1. The van der Waals surface area contributed by atoms with Gasteiger partial charge >= 0.3 is 0 Å². The molecular formula is C16H28N2O2. The second-order valence-electron chi connectivity index (χ2n) is 7.48. The molecule has 0 aromatic carbocycles. The Balaban J connectivity index is 1.51. The lowest BCUT2D eigenvalue weighted by Gasteiger charge is -2.42. The van der Waals surface area contributed by atoms with E-state index in [-0.39, 0.29) is 0 Å². The molecule has 1 amide bonds. The Labute approximate surface area is 122 Å². The summed E-state index contributed by atoms with van der Waals surface area (Å²) in [5, 5.41) is 0. The molecule has 0 aromatic heterocycles. The van der Waals surface area contributed by atoms with Crippen LogP contribution in [0.15, 0.2) is 0 Å². The topological polar surface area (TPSA) is 32.8 Å². The summed E-state index contributed by atoms with van der Waals surface area (Å²) in [5.74, 6) is 1.19. The summed E-state index contributed by atoms with van der Waals surface area (Å²) in [4.78, 5) is 16.8. The van der Waals surface area contributed by atoms with Gasteiger partial charge in [0.15, 0.2) is 0 Å². The average molecular weight is 280 g/mol. The molecule has 1 saturated carbocycles. The molecule has 1 unspecified atom stereocenters. The Hall–Kier alpha value is -0.610. The minimum absolute atomic E-state index is 0.332. The second kappa shape index (κ2) is 5.64. The zero-order chi connectivity index (χ0) is 14.2. The van der Waals surface area contributed by atoms with E-state index in [9.17, 15) is 4.79 Å². The standard InChI is InChI=1S/C16H28N2O2/c1-16(11-20-12-16)10-17(2)14-5-6-15(19)18(8-7-14)9-13-3-4-13/h13-14H,3-12H2,1-2H3. The first-order valence-electron chi connectivity index (χ1n) is 8.11. The van der Waals surface area contributed by atoms with Gasteiger partial charge < -0.3 is 14.5 Å². The summed E-state index contributed by atoms with van der Waals surface area (Å²) < 4.78 is 5.35. The van der Waals surface area contributed by atoms with Crippen LogP contribution in [0.3, 0.4) is 0 Å². The van der Waals surface area contributed by atoms with E-state index in [1.165, 1.54) is 12.8 Å². The van der Waals surface area contributed by atoms with E-state index in [2.05, 4.69) is 23.8 Å². The molecule has 114 valence electrons. The van der Waals surface area contributed by atoms with Gasteiger partial charge in [-0.05, 0) is 38.6 Å². The molecular weight excluding hydrogens is 252 g/mol. The van der Waals surface area contributed by atoms with Crippen LogP contribution in [0.2, 0.25) is 0 Å². The predicted molar refractivity (Wildman–Crippen MR) is 78.5 cm³/mol. The Kier molecular flexibility index (Phi) is 4.04. The molecule has 20 heavy (non-hydrogen) atoms. The van der Waals surface area contributed by atoms with Gasteiger partial charge in [0.1, 0.15) is 0 Å². The molecule has 1 atom stereocenters. The van der Waals surface area contributed by atoms with Crippen LogP contribution in [0.5, 0.6) is 0 Å². The third-order valence-electron chi connectivity index (χ3n) is 5.11. The van der Waals surface area contributed by atoms with E-state index in [1.54, 1.807) is 0 Å². The molecule has 3 aliphatic rings. The summed E-state index contributed by atoms with van der Waals surface area (Å²) >= 11 is 0. The maximum atomic E-state index is 12.2. The monoisotopic (exact) mass is 280 g/mol. The van der Waals surface area contributed by atoms with Crippen molar-refractivity contribution in [3.63, 3.8) is 0 Å². The number of rotatable bonds is 5. The number of hydrogen-bond donors (Lipinski definition) is 0. The summed E-state index contributed by atoms with van der Waals surface area (Å²) in [7, 11) is 2.22. The summed E-state index contributed by atoms with van der Waals surface area (Å²) in [6.45, 7) is 7.13. The first-order chi connectivity index (χ1) is 9.56. The van der Waals surface area contributed by atoms with Crippen molar-refractivity contribution < 1.29 is 9.53 Å². The van der Waals surface area contributed by atoms with Crippen LogP contribution in [0.25, 0.3) is 0 Å².